The normalized spacial score (nSPS) is 13.4. The summed E-state index contributed by atoms with van der Waals surface area (Å²) in [5.74, 6) is -2.48. The van der Waals surface area contributed by atoms with Crippen molar-refractivity contribution in [1.82, 2.24) is 10.6 Å². The van der Waals surface area contributed by atoms with Gasteiger partial charge in [-0.3, -0.25) is 14.4 Å². The number of hydrogen-bond donors (Lipinski definition) is 4. The Bertz CT molecular complexity index is 1170. The molecule has 2 unspecified atom stereocenters. The average Bonchev–Trinajstić information content (AvgIpc) is 3.14. The van der Waals surface area contributed by atoms with Crippen LogP contribution < -0.4 is 10.6 Å². The summed E-state index contributed by atoms with van der Waals surface area (Å²) in [6, 6.07) is -1.40. The number of amides is 2. The Labute approximate surface area is 320 Å². The van der Waals surface area contributed by atoms with E-state index in [0.29, 0.717) is 19.3 Å². The lowest BCUT2D eigenvalue weighted by Crippen LogP contribution is -2.47. The van der Waals surface area contributed by atoms with Gasteiger partial charge < -0.3 is 25.6 Å². The number of esters is 1. The van der Waals surface area contributed by atoms with E-state index < -0.39 is 24.5 Å². The number of nitrogens with one attached hydrogen (secondary N) is 2. The minimum atomic E-state index is -1.40. The van der Waals surface area contributed by atoms with Gasteiger partial charge >= 0.3 is 11.9 Å². The molecular weight excluding hydrogens is 668 g/mol. The lowest BCUT2D eigenvalue weighted by molar-refractivity contribution is -0.147. The Morgan fingerprint density at radius 2 is 1.13 bits per heavy atom. The smallest absolute Gasteiger partial charge is 0.328 e. The van der Waals surface area contributed by atoms with Crippen molar-refractivity contribution in [3.63, 3.8) is 0 Å². The number of carboxylic acid groups (broad SMARTS) is 1. The summed E-state index contributed by atoms with van der Waals surface area (Å²) in [5.41, 5.74) is 0. The van der Waals surface area contributed by atoms with Crippen molar-refractivity contribution >= 4 is 23.8 Å². The maximum absolute atomic E-state index is 12.7. The number of carbonyl (C=O) groups excluding carboxylic acids is 3. The summed E-state index contributed by atoms with van der Waals surface area (Å²) >= 11 is 0. The van der Waals surface area contributed by atoms with Crippen LogP contribution in [0.5, 0.6) is 0 Å². The van der Waals surface area contributed by atoms with E-state index in [2.05, 4.69) is 103 Å². The summed E-state index contributed by atoms with van der Waals surface area (Å²) in [7, 11) is 0. The largest absolute Gasteiger partial charge is 0.480 e. The second-order valence-corrected chi connectivity index (χ2v) is 13.0. The fourth-order valence-corrected chi connectivity index (χ4v) is 5.03. The molecule has 2 amide bonds. The molecule has 4 N–H and O–H groups in total. The summed E-state index contributed by atoms with van der Waals surface area (Å²) in [6.45, 7) is 3.25. The Morgan fingerprint density at radius 3 is 1.72 bits per heavy atom. The Balaban J connectivity index is 4.33. The molecular formula is C44H70N2O7. The molecule has 2 atom stereocenters. The van der Waals surface area contributed by atoms with Gasteiger partial charge in [0.05, 0.1) is 13.2 Å². The Kier molecular flexibility index (Phi) is 34.9. The van der Waals surface area contributed by atoms with Crippen LogP contribution in [-0.4, -0.2) is 59.3 Å². The number of aliphatic hydroxyl groups is 1. The van der Waals surface area contributed by atoms with Gasteiger partial charge in [-0.05, 0) is 89.5 Å². The molecule has 53 heavy (non-hydrogen) atoms. The summed E-state index contributed by atoms with van der Waals surface area (Å²) < 4.78 is 5.85. The first-order valence-corrected chi connectivity index (χ1v) is 20.0. The van der Waals surface area contributed by atoms with E-state index in [4.69, 9.17) is 14.9 Å². The number of allylic oxidation sites excluding steroid dienone is 13. The summed E-state index contributed by atoms with van der Waals surface area (Å²) in [4.78, 5) is 47.4. The van der Waals surface area contributed by atoms with E-state index >= 15 is 0 Å². The highest BCUT2D eigenvalue weighted by Gasteiger charge is 2.18. The highest BCUT2D eigenvalue weighted by molar-refractivity contribution is 5.87. The first-order valence-electron chi connectivity index (χ1n) is 20.0. The first kappa shape index (κ1) is 49.0. The van der Waals surface area contributed by atoms with Crippen molar-refractivity contribution in [3.8, 4) is 0 Å². The Morgan fingerprint density at radius 1 is 0.604 bits per heavy atom. The number of unbranched alkanes of at least 4 members (excludes halogenated alkanes) is 8. The molecule has 9 heteroatoms. The van der Waals surface area contributed by atoms with Crippen molar-refractivity contribution in [1.29, 1.82) is 0 Å². The zero-order valence-corrected chi connectivity index (χ0v) is 32.7. The van der Waals surface area contributed by atoms with Crippen LogP contribution in [0.1, 0.15) is 142 Å². The number of carboxylic acids is 1. The van der Waals surface area contributed by atoms with E-state index in [9.17, 15) is 19.2 Å². The van der Waals surface area contributed by atoms with Crippen molar-refractivity contribution < 1.29 is 34.1 Å². The van der Waals surface area contributed by atoms with Gasteiger partial charge in [0, 0.05) is 12.8 Å². The number of hydrogen-bond acceptors (Lipinski definition) is 6. The molecule has 298 valence electrons. The van der Waals surface area contributed by atoms with Crippen molar-refractivity contribution in [2.24, 2.45) is 0 Å². The van der Waals surface area contributed by atoms with E-state index in [1.165, 1.54) is 12.8 Å². The van der Waals surface area contributed by atoms with Gasteiger partial charge in [-0.25, -0.2) is 4.79 Å². The van der Waals surface area contributed by atoms with Crippen LogP contribution in [0.3, 0.4) is 0 Å². The molecule has 0 saturated heterocycles. The first-order chi connectivity index (χ1) is 25.8. The molecule has 0 radical (unpaired) electrons. The fraction of sp³-hybridized carbons (Fsp3) is 0.591. The van der Waals surface area contributed by atoms with Crippen molar-refractivity contribution in [2.45, 2.75) is 154 Å². The maximum atomic E-state index is 12.7. The van der Waals surface area contributed by atoms with Gasteiger partial charge in [0.25, 0.3) is 0 Å². The number of aliphatic carboxylic acids is 1. The second kappa shape index (κ2) is 37.8. The van der Waals surface area contributed by atoms with Crippen LogP contribution in [-0.2, 0) is 23.9 Å². The van der Waals surface area contributed by atoms with Gasteiger partial charge in [0.1, 0.15) is 12.1 Å². The molecule has 0 aliphatic carbocycles. The van der Waals surface area contributed by atoms with Gasteiger partial charge in [-0.15, -0.1) is 0 Å². The van der Waals surface area contributed by atoms with E-state index in [1.807, 2.05) is 6.08 Å². The number of carbonyl (C=O) groups is 4. The lowest BCUT2D eigenvalue weighted by atomic mass is 10.1. The van der Waals surface area contributed by atoms with Crippen molar-refractivity contribution in [3.05, 3.63) is 85.1 Å². The molecule has 0 aromatic carbocycles. The topological polar surface area (TPSA) is 142 Å². The zero-order chi connectivity index (χ0) is 39.0. The van der Waals surface area contributed by atoms with Crippen LogP contribution in [0.2, 0.25) is 0 Å². The van der Waals surface area contributed by atoms with Crippen LogP contribution in [0.25, 0.3) is 0 Å². The van der Waals surface area contributed by atoms with Gasteiger partial charge in [-0.2, -0.15) is 0 Å². The Hall–Kier alpha value is -3.98. The third kappa shape index (κ3) is 34.9. The van der Waals surface area contributed by atoms with E-state index in [-0.39, 0.29) is 30.9 Å². The number of ether oxygens (including phenoxy) is 1. The molecule has 0 aliphatic heterocycles. The number of aliphatic hydroxyl groups excluding tert-OH is 1. The second-order valence-electron chi connectivity index (χ2n) is 13.0. The third-order valence-corrected chi connectivity index (χ3v) is 8.11. The van der Waals surface area contributed by atoms with Crippen LogP contribution in [0, 0.1) is 0 Å². The molecule has 0 aromatic heterocycles. The molecule has 0 aromatic rings. The molecule has 0 fully saturated rings. The van der Waals surface area contributed by atoms with Gasteiger partial charge in [-0.1, -0.05) is 125 Å². The SMILES string of the molecule is CC/C=C\C/C=C\C/C=C\C/C=C\C/C=C\CCCCCC(=O)OC(/C=C\C/C=C\CCCC)CCCCCCC(=O)NCC(=O)NC(CO)C(=O)O. The molecule has 0 spiro atoms. The predicted octanol–water partition coefficient (Wildman–Crippen LogP) is 9.31. The standard InChI is InChI=1S/C44H70N2O7/c1-3-5-7-9-11-12-13-14-15-16-17-18-19-20-21-22-24-26-32-36-43(50)53-39(33-29-25-23-10-8-6-4-2)34-30-27-28-31-35-41(48)45-37-42(49)46-40(38-47)44(51)52/h5,7,10-12,14-15,17-18,20-21,23,29,33,39-40,47H,3-4,6,8-9,13,16,19,22,24-28,30-32,34-38H2,1-2H3,(H,45,48)(H,46,49)(H,51,52)/b7-5-,12-11-,15-14-,18-17-,21-20-,23-10-,33-29-. The molecule has 0 aliphatic rings. The quantitative estimate of drug-likeness (QED) is 0.0293. The molecule has 0 rings (SSSR count). The maximum Gasteiger partial charge on any atom is 0.328 e. The van der Waals surface area contributed by atoms with E-state index in [1.54, 1.807) is 0 Å². The monoisotopic (exact) mass is 739 g/mol. The molecule has 0 heterocycles. The highest BCUT2D eigenvalue weighted by Crippen LogP contribution is 2.14. The molecule has 0 bridgehead atoms. The molecule has 9 nitrogen and oxygen atoms in total. The van der Waals surface area contributed by atoms with Crippen LogP contribution >= 0.6 is 0 Å². The van der Waals surface area contributed by atoms with Crippen molar-refractivity contribution in [2.75, 3.05) is 13.2 Å². The minimum absolute atomic E-state index is 0.164. The average molecular weight is 739 g/mol. The molecule has 0 saturated carbocycles. The predicted molar refractivity (Wildman–Crippen MR) is 217 cm³/mol. The lowest BCUT2D eigenvalue weighted by Gasteiger charge is -2.15. The minimum Gasteiger partial charge on any atom is -0.480 e. The van der Waals surface area contributed by atoms with Crippen LogP contribution in [0.15, 0.2) is 85.1 Å². The van der Waals surface area contributed by atoms with Gasteiger partial charge in [0.15, 0.2) is 0 Å². The summed E-state index contributed by atoms with van der Waals surface area (Å²) in [5, 5.41) is 22.5. The summed E-state index contributed by atoms with van der Waals surface area (Å²) in [6.07, 6.45) is 47.8. The fourth-order valence-electron chi connectivity index (χ4n) is 5.03. The van der Waals surface area contributed by atoms with Crippen LogP contribution in [0.4, 0.5) is 0 Å². The zero-order valence-electron chi connectivity index (χ0n) is 32.7. The number of rotatable bonds is 34. The van der Waals surface area contributed by atoms with Gasteiger partial charge in [0.2, 0.25) is 11.8 Å². The highest BCUT2D eigenvalue weighted by atomic mass is 16.5. The van der Waals surface area contributed by atoms with E-state index in [0.717, 1.165) is 89.9 Å². The third-order valence-electron chi connectivity index (χ3n) is 8.11.